The minimum absolute atomic E-state index is 0. The molecule has 0 heterocycles. The summed E-state index contributed by atoms with van der Waals surface area (Å²) >= 11 is 0. The maximum Gasteiger partial charge on any atom is 0.137 e. The van der Waals surface area contributed by atoms with Crippen molar-refractivity contribution in [3.05, 3.63) is 0 Å². The van der Waals surface area contributed by atoms with Gasteiger partial charge in [0.2, 0.25) is 0 Å². The molecule has 0 saturated carbocycles. The van der Waals surface area contributed by atoms with Crippen LogP contribution in [0.1, 0.15) is 27.2 Å². The van der Waals surface area contributed by atoms with E-state index in [1.165, 1.54) is 13.8 Å². The summed E-state index contributed by atoms with van der Waals surface area (Å²) in [5.74, 6) is -0.125. The van der Waals surface area contributed by atoms with Gasteiger partial charge in [-0.25, -0.2) is 0 Å². The maximum atomic E-state index is 10.0. The Morgan fingerprint density at radius 3 is 1.36 bits per heavy atom. The van der Waals surface area contributed by atoms with Crippen molar-refractivity contribution < 1.29 is 35.1 Å². The van der Waals surface area contributed by atoms with Crippen molar-refractivity contribution in [2.75, 3.05) is 6.61 Å². The third-order valence-electron chi connectivity index (χ3n) is 0.498. The van der Waals surface area contributed by atoms with E-state index in [9.17, 15) is 9.59 Å². The third kappa shape index (κ3) is 40.2. The van der Waals surface area contributed by atoms with Crippen molar-refractivity contribution in [2.45, 2.75) is 27.2 Å². The zero-order valence-corrected chi connectivity index (χ0v) is 8.55. The number of carbonyl (C=O) groups excluding carboxylic acids is 2. The SMILES string of the molecule is CC(=O)CC(C)=O.CCO.[Pd]. The number of aliphatic hydroxyl groups is 1. The van der Waals surface area contributed by atoms with Crippen LogP contribution in [-0.2, 0) is 30.0 Å². The van der Waals surface area contributed by atoms with Crippen LogP contribution in [0, 0.1) is 0 Å². The first-order valence-corrected chi connectivity index (χ1v) is 3.14. The summed E-state index contributed by atoms with van der Waals surface area (Å²) < 4.78 is 0. The molecule has 0 saturated heterocycles. The maximum absolute atomic E-state index is 10.0. The Morgan fingerprint density at radius 2 is 1.36 bits per heavy atom. The van der Waals surface area contributed by atoms with Gasteiger partial charge in [-0.05, 0) is 20.8 Å². The first-order chi connectivity index (χ1) is 4.54. The first kappa shape index (κ1) is 17.2. The van der Waals surface area contributed by atoms with E-state index in [1.807, 2.05) is 0 Å². The summed E-state index contributed by atoms with van der Waals surface area (Å²) in [5.41, 5.74) is 0. The molecule has 0 fully saturated rings. The summed E-state index contributed by atoms with van der Waals surface area (Å²) in [7, 11) is 0. The molecular weight excluding hydrogens is 238 g/mol. The molecule has 0 aliphatic heterocycles. The van der Waals surface area contributed by atoms with Gasteiger partial charge in [0.15, 0.2) is 0 Å². The van der Waals surface area contributed by atoms with Crippen LogP contribution in [0.4, 0.5) is 0 Å². The Bertz CT molecular complexity index is 100. The molecule has 4 heteroatoms. The summed E-state index contributed by atoms with van der Waals surface area (Å²) in [6, 6.07) is 0. The smallest absolute Gasteiger partial charge is 0.137 e. The molecule has 0 bridgehead atoms. The Hall–Kier alpha value is -0.0377. The molecule has 11 heavy (non-hydrogen) atoms. The van der Waals surface area contributed by atoms with Crippen LogP contribution in [0.25, 0.3) is 0 Å². The predicted octanol–water partition coefficient (Wildman–Crippen LogP) is 0.551. The van der Waals surface area contributed by atoms with Crippen LogP contribution in [0.2, 0.25) is 0 Å². The van der Waals surface area contributed by atoms with Crippen molar-refractivity contribution in [2.24, 2.45) is 0 Å². The van der Waals surface area contributed by atoms with E-state index >= 15 is 0 Å². The number of hydrogen-bond acceptors (Lipinski definition) is 3. The van der Waals surface area contributed by atoms with Gasteiger partial charge in [0.25, 0.3) is 0 Å². The quantitative estimate of drug-likeness (QED) is 0.577. The molecule has 0 radical (unpaired) electrons. The van der Waals surface area contributed by atoms with Gasteiger partial charge in [-0.1, -0.05) is 0 Å². The average molecular weight is 253 g/mol. The van der Waals surface area contributed by atoms with Crippen LogP contribution >= 0.6 is 0 Å². The van der Waals surface area contributed by atoms with Crippen LogP contribution in [0.5, 0.6) is 0 Å². The molecule has 1 N–H and O–H groups in total. The van der Waals surface area contributed by atoms with Crippen LogP contribution in [0.15, 0.2) is 0 Å². The van der Waals surface area contributed by atoms with Gasteiger partial charge in [0.1, 0.15) is 11.6 Å². The first-order valence-electron chi connectivity index (χ1n) is 3.14. The largest absolute Gasteiger partial charge is 0.397 e. The Morgan fingerprint density at radius 1 is 1.18 bits per heavy atom. The fraction of sp³-hybridized carbons (Fsp3) is 0.714. The van der Waals surface area contributed by atoms with Crippen LogP contribution < -0.4 is 0 Å². The molecular formula is C7H14O3Pd. The third-order valence-corrected chi connectivity index (χ3v) is 0.498. The zero-order valence-electron chi connectivity index (χ0n) is 6.99. The van der Waals surface area contributed by atoms with Gasteiger partial charge in [-0.3, -0.25) is 9.59 Å². The molecule has 0 amide bonds. The second kappa shape index (κ2) is 12.6. The van der Waals surface area contributed by atoms with E-state index in [4.69, 9.17) is 5.11 Å². The monoisotopic (exact) mass is 252 g/mol. The summed E-state index contributed by atoms with van der Waals surface area (Å²) in [6.07, 6.45) is 0.0833. The molecule has 0 atom stereocenters. The second-order valence-electron chi connectivity index (χ2n) is 1.90. The zero-order chi connectivity index (χ0) is 8.57. The fourth-order valence-electron chi connectivity index (χ4n) is 0.351. The number of rotatable bonds is 2. The van der Waals surface area contributed by atoms with Gasteiger partial charge in [0, 0.05) is 27.0 Å². The summed E-state index contributed by atoms with van der Waals surface area (Å²) in [6.45, 7) is 4.74. The standard InChI is InChI=1S/C5H8O2.C2H6O.Pd/c1-4(6)3-5(2)7;1-2-3;/h3H2,1-2H3;3H,2H2,1H3;. The molecule has 0 aromatic carbocycles. The van der Waals surface area contributed by atoms with Gasteiger partial charge < -0.3 is 5.11 Å². The molecule has 0 aromatic heterocycles. The summed E-state index contributed by atoms with van der Waals surface area (Å²) in [4.78, 5) is 20.1. The molecule has 0 rings (SSSR count). The normalized spacial score (nSPS) is 6.91. The fourth-order valence-corrected chi connectivity index (χ4v) is 0.351. The molecule has 0 aliphatic carbocycles. The number of ketones is 2. The second-order valence-corrected chi connectivity index (χ2v) is 1.90. The van der Waals surface area contributed by atoms with Gasteiger partial charge in [-0.2, -0.15) is 0 Å². The molecule has 70 valence electrons. The molecule has 0 spiro atoms. The van der Waals surface area contributed by atoms with E-state index in [-0.39, 0.29) is 45.0 Å². The summed E-state index contributed by atoms with van der Waals surface area (Å²) in [5, 5.41) is 7.57. The van der Waals surface area contributed by atoms with E-state index < -0.39 is 0 Å². The minimum atomic E-state index is -0.0625. The molecule has 0 aliphatic rings. The Balaban J connectivity index is -0.000000140. The Labute approximate surface area is 80.8 Å². The van der Waals surface area contributed by atoms with E-state index in [0.29, 0.717) is 0 Å². The molecule has 3 nitrogen and oxygen atoms in total. The van der Waals surface area contributed by atoms with E-state index in [1.54, 1.807) is 6.92 Å². The number of aliphatic hydroxyl groups excluding tert-OH is 1. The number of hydrogen-bond donors (Lipinski definition) is 1. The van der Waals surface area contributed by atoms with Crippen LogP contribution in [0.3, 0.4) is 0 Å². The minimum Gasteiger partial charge on any atom is -0.397 e. The van der Waals surface area contributed by atoms with Gasteiger partial charge in [0.05, 0.1) is 6.42 Å². The average Bonchev–Trinajstić information content (AvgIpc) is 1.62. The van der Waals surface area contributed by atoms with Crippen molar-refractivity contribution in [3.8, 4) is 0 Å². The van der Waals surface area contributed by atoms with Gasteiger partial charge in [-0.15, -0.1) is 0 Å². The van der Waals surface area contributed by atoms with E-state index in [0.717, 1.165) is 0 Å². The predicted molar refractivity (Wildman–Crippen MR) is 38.7 cm³/mol. The molecule has 0 aromatic rings. The van der Waals surface area contributed by atoms with Crippen molar-refractivity contribution in [1.82, 2.24) is 0 Å². The van der Waals surface area contributed by atoms with Crippen molar-refractivity contribution >= 4 is 11.6 Å². The Kier molecular flexibility index (Phi) is 19.7. The molecule has 0 unspecified atom stereocenters. The van der Waals surface area contributed by atoms with Crippen molar-refractivity contribution in [3.63, 3.8) is 0 Å². The van der Waals surface area contributed by atoms with E-state index in [2.05, 4.69) is 0 Å². The number of Topliss-reactive ketones (excluding diaryl/α,β-unsaturated/α-hetero) is 2. The topological polar surface area (TPSA) is 54.4 Å². The van der Waals surface area contributed by atoms with Crippen molar-refractivity contribution in [1.29, 1.82) is 0 Å². The van der Waals surface area contributed by atoms with Gasteiger partial charge >= 0.3 is 0 Å². The van der Waals surface area contributed by atoms with Crippen LogP contribution in [-0.4, -0.2) is 23.3 Å². The number of carbonyl (C=O) groups is 2.